The number of nitrogens with one attached hydrogen (secondary N) is 1. The molecular weight excluding hydrogens is 458 g/mol. The van der Waals surface area contributed by atoms with E-state index in [1.165, 1.54) is 31.5 Å². The Morgan fingerprint density at radius 1 is 0.971 bits per heavy atom. The molecule has 0 spiro atoms. The van der Waals surface area contributed by atoms with Gasteiger partial charge in [0, 0.05) is 32.1 Å². The predicted octanol–water partition coefficient (Wildman–Crippen LogP) is 4.41. The zero-order valence-electron chi connectivity index (χ0n) is 20.9. The number of hydrogen-bond acceptors (Lipinski definition) is 4. The third-order valence-electron chi connectivity index (χ3n) is 7.31. The molecule has 190 valence electrons. The first-order valence-electron chi connectivity index (χ1n) is 13.1. The topological polar surface area (TPSA) is 69.7 Å². The third kappa shape index (κ3) is 6.93. The number of carbonyl (C=O) groups excluding carboxylic acids is 1. The lowest BCUT2D eigenvalue weighted by Crippen LogP contribution is -2.43. The molecular formula is C28H39N3O3S. The van der Waals surface area contributed by atoms with Gasteiger partial charge in [-0.1, -0.05) is 61.9 Å². The number of amides is 1. The molecule has 35 heavy (non-hydrogen) atoms. The van der Waals surface area contributed by atoms with Crippen LogP contribution in [0.1, 0.15) is 56.6 Å². The summed E-state index contributed by atoms with van der Waals surface area (Å²) < 4.78 is 26.4. The first kappa shape index (κ1) is 25.9. The second-order valence-electron chi connectivity index (χ2n) is 9.90. The first-order chi connectivity index (χ1) is 17.0. The van der Waals surface area contributed by atoms with Gasteiger partial charge in [0.25, 0.3) is 0 Å². The molecule has 0 atom stereocenters. The fourth-order valence-electron chi connectivity index (χ4n) is 5.12. The Kier molecular flexibility index (Phi) is 8.98. The number of unbranched alkanes of at least 4 members (excludes halogenated alkanes) is 1. The van der Waals surface area contributed by atoms with Crippen molar-refractivity contribution in [2.45, 2.75) is 58.5 Å². The quantitative estimate of drug-likeness (QED) is 0.528. The van der Waals surface area contributed by atoms with E-state index in [1.54, 1.807) is 4.31 Å². The minimum Gasteiger partial charge on any atom is -0.352 e. The number of sulfonamides is 1. The molecule has 2 aromatic rings. The van der Waals surface area contributed by atoms with Crippen molar-refractivity contribution in [1.82, 2.24) is 14.5 Å². The van der Waals surface area contributed by atoms with Gasteiger partial charge in [0.1, 0.15) is 0 Å². The molecule has 2 saturated heterocycles. The number of piperidine rings is 1. The van der Waals surface area contributed by atoms with E-state index in [0.717, 1.165) is 29.7 Å². The largest absolute Gasteiger partial charge is 0.352 e. The Morgan fingerprint density at radius 3 is 2.34 bits per heavy atom. The lowest BCUT2D eigenvalue weighted by molar-refractivity contribution is -0.126. The van der Waals surface area contributed by atoms with Gasteiger partial charge in [-0.15, -0.1) is 0 Å². The highest BCUT2D eigenvalue weighted by molar-refractivity contribution is 7.89. The fraction of sp³-hybridized carbons (Fsp3) is 0.536. The molecule has 0 unspecified atom stereocenters. The molecule has 0 aliphatic carbocycles. The highest BCUT2D eigenvalue weighted by Gasteiger charge is 2.30. The first-order valence-corrected chi connectivity index (χ1v) is 14.7. The molecule has 2 fully saturated rings. The van der Waals surface area contributed by atoms with Crippen molar-refractivity contribution in [2.75, 3.05) is 31.9 Å². The van der Waals surface area contributed by atoms with Gasteiger partial charge in [-0.2, -0.15) is 0 Å². The van der Waals surface area contributed by atoms with Crippen molar-refractivity contribution in [2.24, 2.45) is 5.92 Å². The number of hydrogen-bond donors (Lipinski definition) is 1. The zero-order chi connectivity index (χ0) is 24.7. The summed E-state index contributed by atoms with van der Waals surface area (Å²) in [5.41, 5.74) is 4.72. The van der Waals surface area contributed by atoms with Crippen molar-refractivity contribution < 1.29 is 13.2 Å². The van der Waals surface area contributed by atoms with Crippen molar-refractivity contribution in [3.8, 4) is 11.1 Å². The Morgan fingerprint density at radius 2 is 1.66 bits per heavy atom. The minimum atomic E-state index is -3.20. The van der Waals surface area contributed by atoms with E-state index < -0.39 is 10.0 Å². The number of rotatable bonds is 10. The Hall–Kier alpha value is -2.22. The van der Waals surface area contributed by atoms with Gasteiger partial charge in [-0.05, 0) is 67.4 Å². The lowest BCUT2D eigenvalue weighted by Gasteiger charge is -2.30. The SMILES string of the molecule is CCCCS(=O)(=O)N1CCC(C(=O)NCc2ccccc2-c2ccc(CN3CCCC3)cc2)CC1. The molecule has 0 saturated carbocycles. The molecule has 0 bridgehead atoms. The second kappa shape index (κ2) is 12.2. The summed E-state index contributed by atoms with van der Waals surface area (Å²) in [4.78, 5) is 15.4. The van der Waals surface area contributed by atoms with Crippen LogP contribution in [0, 0.1) is 5.92 Å². The van der Waals surface area contributed by atoms with E-state index in [-0.39, 0.29) is 17.6 Å². The standard InChI is InChI=1S/C28H39N3O3S/c1-2-3-20-35(33,34)31-18-14-25(15-19-31)28(32)29-21-26-8-4-5-9-27(26)24-12-10-23(11-13-24)22-30-16-6-7-17-30/h4-5,8-13,25H,2-3,6-7,14-22H2,1H3,(H,29,32). The number of likely N-dealkylation sites (tertiary alicyclic amines) is 1. The summed E-state index contributed by atoms with van der Waals surface area (Å²) in [6.07, 6.45) is 5.31. The monoisotopic (exact) mass is 497 g/mol. The maximum atomic E-state index is 12.9. The third-order valence-corrected chi connectivity index (χ3v) is 9.27. The van der Waals surface area contributed by atoms with E-state index in [4.69, 9.17) is 0 Å². The highest BCUT2D eigenvalue weighted by Crippen LogP contribution is 2.26. The van der Waals surface area contributed by atoms with Gasteiger partial charge in [0.2, 0.25) is 15.9 Å². The number of nitrogens with zero attached hydrogens (tertiary/aromatic N) is 2. The number of benzene rings is 2. The predicted molar refractivity (Wildman–Crippen MR) is 141 cm³/mol. The molecule has 0 aromatic heterocycles. The zero-order valence-corrected chi connectivity index (χ0v) is 21.7. The van der Waals surface area contributed by atoms with E-state index in [9.17, 15) is 13.2 Å². The van der Waals surface area contributed by atoms with E-state index in [0.29, 0.717) is 38.9 Å². The fourth-order valence-corrected chi connectivity index (χ4v) is 6.80. The van der Waals surface area contributed by atoms with Crippen molar-refractivity contribution in [1.29, 1.82) is 0 Å². The maximum Gasteiger partial charge on any atom is 0.223 e. The average molecular weight is 498 g/mol. The lowest BCUT2D eigenvalue weighted by atomic mass is 9.96. The summed E-state index contributed by atoms with van der Waals surface area (Å²) in [6.45, 7) is 6.73. The van der Waals surface area contributed by atoms with Crippen LogP contribution in [0.5, 0.6) is 0 Å². The number of carbonyl (C=O) groups is 1. The molecule has 7 heteroatoms. The van der Waals surface area contributed by atoms with Gasteiger partial charge in [0.15, 0.2) is 0 Å². The van der Waals surface area contributed by atoms with Crippen LogP contribution in [0.4, 0.5) is 0 Å². The summed E-state index contributed by atoms with van der Waals surface area (Å²) in [5.74, 6) is 0.0900. The molecule has 2 aliphatic rings. The van der Waals surface area contributed by atoms with E-state index in [1.807, 2.05) is 19.1 Å². The van der Waals surface area contributed by atoms with Crippen LogP contribution in [0.3, 0.4) is 0 Å². The molecule has 2 aliphatic heterocycles. The molecule has 0 radical (unpaired) electrons. The van der Waals surface area contributed by atoms with Crippen molar-refractivity contribution in [3.63, 3.8) is 0 Å². The van der Waals surface area contributed by atoms with Gasteiger partial charge >= 0.3 is 0 Å². The Labute approximate surface area is 210 Å². The normalized spacial score (nSPS) is 18.1. The molecule has 1 amide bonds. The van der Waals surface area contributed by atoms with E-state index in [2.05, 4.69) is 46.6 Å². The summed E-state index contributed by atoms with van der Waals surface area (Å²) in [5, 5.41) is 3.11. The van der Waals surface area contributed by atoms with Crippen LogP contribution in [-0.2, 0) is 27.9 Å². The van der Waals surface area contributed by atoms with Crippen LogP contribution in [-0.4, -0.2) is 55.5 Å². The second-order valence-corrected chi connectivity index (χ2v) is 12.0. The smallest absolute Gasteiger partial charge is 0.223 e. The van der Waals surface area contributed by atoms with Crippen LogP contribution >= 0.6 is 0 Å². The average Bonchev–Trinajstić information content (AvgIpc) is 3.40. The molecule has 1 N–H and O–H groups in total. The summed E-state index contributed by atoms with van der Waals surface area (Å²) in [6, 6.07) is 17.0. The van der Waals surface area contributed by atoms with Crippen LogP contribution in [0.15, 0.2) is 48.5 Å². The maximum absolute atomic E-state index is 12.9. The highest BCUT2D eigenvalue weighted by atomic mass is 32.2. The van der Waals surface area contributed by atoms with Crippen LogP contribution < -0.4 is 5.32 Å². The van der Waals surface area contributed by atoms with Gasteiger partial charge < -0.3 is 5.32 Å². The van der Waals surface area contributed by atoms with Gasteiger partial charge in [0.05, 0.1) is 5.75 Å². The summed E-state index contributed by atoms with van der Waals surface area (Å²) >= 11 is 0. The van der Waals surface area contributed by atoms with E-state index >= 15 is 0 Å². The minimum absolute atomic E-state index is 0.0198. The molecule has 6 nitrogen and oxygen atoms in total. The summed E-state index contributed by atoms with van der Waals surface area (Å²) in [7, 11) is -3.20. The Balaban J connectivity index is 1.32. The molecule has 2 heterocycles. The molecule has 2 aromatic carbocycles. The van der Waals surface area contributed by atoms with Crippen molar-refractivity contribution >= 4 is 15.9 Å². The molecule has 4 rings (SSSR count). The van der Waals surface area contributed by atoms with Gasteiger partial charge in [-0.25, -0.2) is 12.7 Å². The van der Waals surface area contributed by atoms with Crippen molar-refractivity contribution in [3.05, 3.63) is 59.7 Å². The van der Waals surface area contributed by atoms with Gasteiger partial charge in [-0.3, -0.25) is 9.69 Å². The Bertz CT molecular complexity index is 1070. The van der Waals surface area contributed by atoms with Crippen LogP contribution in [0.25, 0.3) is 11.1 Å². The van der Waals surface area contributed by atoms with Crippen LogP contribution in [0.2, 0.25) is 0 Å².